The number of aromatic nitrogens is 2. The summed E-state index contributed by atoms with van der Waals surface area (Å²) in [5.74, 6) is 0.434. The van der Waals surface area contributed by atoms with E-state index in [0.29, 0.717) is 18.2 Å². The van der Waals surface area contributed by atoms with Crippen molar-refractivity contribution in [3.63, 3.8) is 0 Å². The van der Waals surface area contributed by atoms with Gasteiger partial charge in [0.15, 0.2) is 0 Å². The molecule has 5 heteroatoms. The maximum atomic E-state index is 12.6. The SMILES string of the molecule is CCCCCNc1nc(C)cc(C(=O)N(C)Cc2ccccc2)n1. The predicted molar refractivity (Wildman–Crippen MR) is 97.0 cm³/mol. The summed E-state index contributed by atoms with van der Waals surface area (Å²) in [6.45, 7) is 5.43. The molecule has 0 spiro atoms. The number of carbonyl (C=O) groups is 1. The number of aryl methyl sites for hydroxylation is 1. The van der Waals surface area contributed by atoms with E-state index in [4.69, 9.17) is 0 Å². The largest absolute Gasteiger partial charge is 0.354 e. The molecule has 0 fully saturated rings. The Morgan fingerprint density at radius 2 is 1.92 bits per heavy atom. The Hall–Kier alpha value is -2.43. The smallest absolute Gasteiger partial charge is 0.272 e. The highest BCUT2D eigenvalue weighted by atomic mass is 16.2. The van der Waals surface area contributed by atoms with Gasteiger partial charge in [-0.3, -0.25) is 4.79 Å². The number of rotatable bonds is 8. The molecule has 5 nitrogen and oxygen atoms in total. The van der Waals surface area contributed by atoms with Crippen LogP contribution in [0.2, 0.25) is 0 Å². The standard InChI is InChI=1S/C19H26N4O/c1-4-5-9-12-20-19-21-15(2)13-17(22-19)18(24)23(3)14-16-10-7-6-8-11-16/h6-8,10-11,13H,4-5,9,12,14H2,1-3H3,(H,20,21,22). The molecule has 0 aliphatic heterocycles. The fraction of sp³-hybridized carbons (Fsp3) is 0.421. The van der Waals surface area contributed by atoms with Gasteiger partial charge in [-0.25, -0.2) is 9.97 Å². The van der Waals surface area contributed by atoms with Crippen molar-refractivity contribution < 1.29 is 4.79 Å². The topological polar surface area (TPSA) is 58.1 Å². The lowest BCUT2D eigenvalue weighted by molar-refractivity contribution is 0.0779. The summed E-state index contributed by atoms with van der Waals surface area (Å²) in [6.07, 6.45) is 3.42. The van der Waals surface area contributed by atoms with Gasteiger partial charge in [0.05, 0.1) is 0 Å². The molecule has 2 rings (SSSR count). The average Bonchev–Trinajstić information content (AvgIpc) is 2.58. The number of nitrogens with one attached hydrogen (secondary N) is 1. The molecular formula is C19H26N4O. The minimum absolute atomic E-state index is 0.0963. The van der Waals surface area contributed by atoms with Gasteiger partial charge in [-0.15, -0.1) is 0 Å². The molecule has 0 saturated heterocycles. The van der Waals surface area contributed by atoms with Gasteiger partial charge < -0.3 is 10.2 Å². The second kappa shape index (κ2) is 9.01. The van der Waals surface area contributed by atoms with E-state index in [2.05, 4.69) is 22.2 Å². The van der Waals surface area contributed by atoms with E-state index in [0.717, 1.165) is 24.2 Å². The van der Waals surface area contributed by atoms with E-state index in [9.17, 15) is 4.79 Å². The molecule has 24 heavy (non-hydrogen) atoms. The third-order valence-electron chi connectivity index (χ3n) is 3.75. The molecule has 0 bridgehead atoms. The number of nitrogens with zero attached hydrogens (tertiary/aromatic N) is 3. The van der Waals surface area contributed by atoms with Crippen molar-refractivity contribution in [3.8, 4) is 0 Å². The zero-order valence-corrected chi connectivity index (χ0v) is 14.7. The highest BCUT2D eigenvalue weighted by Crippen LogP contribution is 2.10. The van der Waals surface area contributed by atoms with E-state index in [1.165, 1.54) is 12.8 Å². The van der Waals surface area contributed by atoms with Crippen LogP contribution < -0.4 is 5.32 Å². The van der Waals surface area contributed by atoms with Gasteiger partial charge >= 0.3 is 0 Å². The van der Waals surface area contributed by atoms with Crippen molar-refractivity contribution in [2.24, 2.45) is 0 Å². The van der Waals surface area contributed by atoms with Gasteiger partial charge in [-0.1, -0.05) is 50.1 Å². The Morgan fingerprint density at radius 3 is 2.62 bits per heavy atom. The van der Waals surface area contributed by atoms with Crippen molar-refractivity contribution in [3.05, 3.63) is 53.3 Å². The summed E-state index contributed by atoms with van der Waals surface area (Å²) in [6, 6.07) is 11.7. The number of amides is 1. The maximum absolute atomic E-state index is 12.6. The van der Waals surface area contributed by atoms with Crippen LogP contribution in [0.5, 0.6) is 0 Å². The third kappa shape index (κ3) is 5.33. The second-order valence-electron chi connectivity index (χ2n) is 6.00. The maximum Gasteiger partial charge on any atom is 0.272 e. The van der Waals surface area contributed by atoms with Crippen molar-refractivity contribution in [1.82, 2.24) is 14.9 Å². The Bertz CT molecular complexity index is 658. The third-order valence-corrected chi connectivity index (χ3v) is 3.75. The van der Waals surface area contributed by atoms with Crippen LogP contribution in [0.1, 0.15) is 47.9 Å². The summed E-state index contributed by atoms with van der Waals surface area (Å²) in [5.41, 5.74) is 2.32. The second-order valence-corrected chi connectivity index (χ2v) is 6.00. The van der Waals surface area contributed by atoms with Crippen LogP contribution in [0.4, 0.5) is 5.95 Å². The van der Waals surface area contributed by atoms with Crippen LogP contribution in [0.15, 0.2) is 36.4 Å². The summed E-state index contributed by atoms with van der Waals surface area (Å²) in [4.78, 5) is 23.1. The van der Waals surface area contributed by atoms with Gasteiger partial charge in [0.2, 0.25) is 5.95 Å². The molecule has 128 valence electrons. The zero-order valence-electron chi connectivity index (χ0n) is 14.7. The zero-order chi connectivity index (χ0) is 17.4. The number of benzene rings is 1. The van der Waals surface area contributed by atoms with Crippen LogP contribution in [0, 0.1) is 6.92 Å². The van der Waals surface area contributed by atoms with Gasteiger partial charge in [-0.2, -0.15) is 0 Å². The average molecular weight is 326 g/mol. The molecule has 0 aliphatic rings. The van der Waals surface area contributed by atoms with Gasteiger partial charge in [-0.05, 0) is 25.0 Å². The molecule has 2 aromatic rings. The highest BCUT2D eigenvalue weighted by Gasteiger charge is 2.15. The molecule has 1 aromatic carbocycles. The van der Waals surface area contributed by atoms with E-state index in [1.54, 1.807) is 18.0 Å². The Kier molecular flexibility index (Phi) is 6.73. The van der Waals surface area contributed by atoms with Crippen LogP contribution in [-0.2, 0) is 6.54 Å². The number of anilines is 1. The molecule has 0 atom stereocenters. The lowest BCUT2D eigenvalue weighted by atomic mass is 10.2. The Morgan fingerprint density at radius 1 is 1.17 bits per heavy atom. The van der Waals surface area contributed by atoms with Crippen LogP contribution in [0.3, 0.4) is 0 Å². The summed E-state index contributed by atoms with van der Waals surface area (Å²) in [5, 5.41) is 3.21. The van der Waals surface area contributed by atoms with Crippen molar-refractivity contribution >= 4 is 11.9 Å². The van der Waals surface area contributed by atoms with Gasteiger partial charge in [0, 0.05) is 25.8 Å². The molecule has 0 aliphatic carbocycles. The number of unbranched alkanes of at least 4 members (excludes halogenated alkanes) is 2. The van der Waals surface area contributed by atoms with Gasteiger partial charge in [0.25, 0.3) is 5.91 Å². The van der Waals surface area contributed by atoms with Crippen molar-refractivity contribution in [1.29, 1.82) is 0 Å². The lowest BCUT2D eigenvalue weighted by Gasteiger charge is -2.17. The number of hydrogen-bond donors (Lipinski definition) is 1. The minimum Gasteiger partial charge on any atom is -0.354 e. The first-order valence-corrected chi connectivity index (χ1v) is 8.49. The lowest BCUT2D eigenvalue weighted by Crippen LogP contribution is -2.27. The summed E-state index contributed by atoms with van der Waals surface area (Å²) < 4.78 is 0. The van der Waals surface area contributed by atoms with Crippen LogP contribution >= 0.6 is 0 Å². The minimum atomic E-state index is -0.0963. The quantitative estimate of drug-likeness (QED) is 0.752. The summed E-state index contributed by atoms with van der Waals surface area (Å²) >= 11 is 0. The first-order chi connectivity index (χ1) is 11.6. The fourth-order valence-corrected chi connectivity index (χ4v) is 2.46. The first kappa shape index (κ1) is 17.9. The molecule has 1 aromatic heterocycles. The van der Waals surface area contributed by atoms with Crippen molar-refractivity contribution in [2.75, 3.05) is 18.9 Å². The van der Waals surface area contributed by atoms with Crippen LogP contribution in [-0.4, -0.2) is 34.4 Å². The van der Waals surface area contributed by atoms with E-state index in [-0.39, 0.29) is 5.91 Å². The van der Waals surface area contributed by atoms with Gasteiger partial charge in [0.1, 0.15) is 5.69 Å². The monoisotopic (exact) mass is 326 g/mol. The number of carbonyl (C=O) groups excluding carboxylic acids is 1. The molecule has 0 radical (unpaired) electrons. The normalized spacial score (nSPS) is 10.5. The van der Waals surface area contributed by atoms with E-state index < -0.39 is 0 Å². The Balaban J connectivity index is 2.03. The van der Waals surface area contributed by atoms with E-state index >= 15 is 0 Å². The molecular weight excluding hydrogens is 300 g/mol. The molecule has 0 saturated carbocycles. The molecule has 0 unspecified atom stereocenters. The van der Waals surface area contributed by atoms with Crippen LogP contribution in [0.25, 0.3) is 0 Å². The molecule has 1 N–H and O–H groups in total. The molecule has 1 amide bonds. The Labute approximate surface area is 144 Å². The highest BCUT2D eigenvalue weighted by molar-refractivity contribution is 5.92. The first-order valence-electron chi connectivity index (χ1n) is 8.49. The fourth-order valence-electron chi connectivity index (χ4n) is 2.46. The number of hydrogen-bond acceptors (Lipinski definition) is 4. The van der Waals surface area contributed by atoms with E-state index in [1.807, 2.05) is 37.3 Å². The summed E-state index contributed by atoms with van der Waals surface area (Å²) in [7, 11) is 1.79. The van der Waals surface area contributed by atoms with Crippen molar-refractivity contribution in [2.45, 2.75) is 39.7 Å². The predicted octanol–water partition coefficient (Wildman–Crippen LogP) is 3.66. The molecule has 1 heterocycles.